The van der Waals surface area contributed by atoms with Gasteiger partial charge in [-0.15, -0.1) is 0 Å². The molecule has 2 N–H and O–H groups in total. The zero-order valence-corrected chi connectivity index (χ0v) is 21.9. The number of carbonyl (C=O) groups excluding carboxylic acids is 2. The Balaban J connectivity index is 1.72. The molecule has 2 aromatic rings. The van der Waals surface area contributed by atoms with Crippen molar-refractivity contribution in [2.75, 3.05) is 20.3 Å². The maximum atomic E-state index is 13.3. The van der Waals surface area contributed by atoms with Gasteiger partial charge in [0.2, 0.25) is 5.91 Å². The van der Waals surface area contributed by atoms with Crippen molar-refractivity contribution in [1.82, 2.24) is 15.6 Å². The van der Waals surface area contributed by atoms with E-state index in [1.807, 2.05) is 58.0 Å². The summed E-state index contributed by atoms with van der Waals surface area (Å²) in [6, 6.07) is 13.6. The number of methoxy groups -OCH3 is 1. The number of hydrogen-bond acceptors (Lipinski definition) is 7. The lowest BCUT2D eigenvalue weighted by atomic mass is 9.76. The highest BCUT2D eigenvalue weighted by Gasteiger charge is 2.54. The first-order chi connectivity index (χ1) is 17.0. The largest absolute Gasteiger partial charge is 0.494 e. The summed E-state index contributed by atoms with van der Waals surface area (Å²) in [5, 5.41) is 5.71. The fourth-order valence-corrected chi connectivity index (χ4v) is 3.68. The number of nitrogens with one attached hydrogen (secondary N) is 2. The summed E-state index contributed by atoms with van der Waals surface area (Å²) >= 11 is 0. The summed E-state index contributed by atoms with van der Waals surface area (Å²) in [4.78, 5) is 30.3. The number of ether oxygens (including phenoxy) is 2. The van der Waals surface area contributed by atoms with E-state index in [0.29, 0.717) is 18.7 Å². The van der Waals surface area contributed by atoms with Gasteiger partial charge in [-0.05, 0) is 58.9 Å². The Hall–Kier alpha value is -2.95. The molecule has 0 radical (unpaired) electrons. The maximum absolute atomic E-state index is 13.3. The van der Waals surface area contributed by atoms with Crippen LogP contribution in [0.3, 0.4) is 0 Å². The molecule has 10 heteroatoms. The first-order valence-electron chi connectivity index (χ1n) is 12.1. The van der Waals surface area contributed by atoms with Crippen molar-refractivity contribution >= 4 is 18.9 Å². The summed E-state index contributed by atoms with van der Waals surface area (Å²) in [5.41, 5.74) is -0.215. The third-order valence-corrected chi connectivity index (χ3v) is 6.44. The van der Waals surface area contributed by atoms with Crippen LogP contribution in [-0.2, 0) is 18.8 Å². The standard InChI is InChI=1S/C26H36BN3O6/c1-18-11-10-14-20(28-18)23(31)29-21(17-33-6)24(32)30-22(15-16-34-19-12-8-7-9-13-19)27-35-25(2,3)26(4,5)36-27/h7-14,21-22H,15-17H2,1-6H3,(H,29,31)(H,30,32)/t21-,22+/m1/s1. The molecule has 9 nitrogen and oxygen atoms in total. The number of hydrogen-bond donors (Lipinski definition) is 2. The van der Waals surface area contributed by atoms with Gasteiger partial charge in [-0.25, -0.2) is 4.98 Å². The van der Waals surface area contributed by atoms with Gasteiger partial charge in [-0.1, -0.05) is 24.3 Å². The molecule has 0 bridgehead atoms. The van der Waals surface area contributed by atoms with Crippen molar-refractivity contribution in [1.29, 1.82) is 0 Å². The average molecular weight is 497 g/mol. The third kappa shape index (κ3) is 7.06. The smallest absolute Gasteiger partial charge is 0.481 e. The SMILES string of the molecule is COC[C@@H](NC(=O)c1cccc(C)n1)C(=O)N[C@@H](CCOc1ccccc1)B1OC(C)(C)C(C)(C)O1. The summed E-state index contributed by atoms with van der Waals surface area (Å²) < 4.78 is 23.5. The number of pyridine rings is 1. The first kappa shape index (κ1) is 27.6. The number of para-hydroxylation sites is 1. The minimum absolute atomic E-state index is 0.0139. The fraction of sp³-hybridized carbons (Fsp3) is 0.500. The van der Waals surface area contributed by atoms with E-state index in [-0.39, 0.29) is 12.3 Å². The van der Waals surface area contributed by atoms with E-state index in [1.165, 1.54) is 7.11 Å². The number of amides is 2. The molecule has 2 atom stereocenters. The van der Waals surface area contributed by atoms with Gasteiger partial charge in [0, 0.05) is 19.2 Å². The molecule has 1 aromatic heterocycles. The van der Waals surface area contributed by atoms with E-state index in [0.717, 1.165) is 5.75 Å². The third-order valence-electron chi connectivity index (χ3n) is 6.44. The van der Waals surface area contributed by atoms with E-state index in [2.05, 4.69) is 15.6 Å². The highest BCUT2D eigenvalue weighted by atomic mass is 16.7. The number of carbonyl (C=O) groups is 2. The van der Waals surface area contributed by atoms with Crippen molar-refractivity contribution in [2.45, 2.75) is 64.2 Å². The van der Waals surface area contributed by atoms with E-state index in [1.54, 1.807) is 25.1 Å². The summed E-state index contributed by atoms with van der Waals surface area (Å²) in [6.45, 7) is 9.92. The molecule has 2 heterocycles. The molecule has 2 amide bonds. The van der Waals surface area contributed by atoms with E-state index in [4.69, 9.17) is 18.8 Å². The Kier molecular flexibility index (Phi) is 9.11. The molecule has 1 aliphatic rings. The Morgan fingerprint density at radius 2 is 1.67 bits per heavy atom. The number of aromatic nitrogens is 1. The van der Waals surface area contributed by atoms with Crippen LogP contribution in [-0.4, -0.2) is 67.4 Å². The van der Waals surface area contributed by atoms with Gasteiger partial charge in [0.25, 0.3) is 5.91 Å². The molecule has 1 saturated heterocycles. The first-order valence-corrected chi connectivity index (χ1v) is 12.1. The second-order valence-electron chi connectivity index (χ2n) is 9.84. The Morgan fingerprint density at radius 3 is 2.28 bits per heavy atom. The van der Waals surface area contributed by atoms with Gasteiger partial charge in [-0.3, -0.25) is 9.59 Å². The lowest BCUT2D eigenvalue weighted by Crippen LogP contribution is -2.56. The Morgan fingerprint density at radius 1 is 1.00 bits per heavy atom. The molecule has 1 aromatic carbocycles. The molecule has 1 fully saturated rings. The van der Waals surface area contributed by atoms with Crippen LogP contribution in [0.2, 0.25) is 0 Å². The van der Waals surface area contributed by atoms with Crippen LogP contribution in [0.15, 0.2) is 48.5 Å². The average Bonchev–Trinajstić information content (AvgIpc) is 3.05. The topological polar surface area (TPSA) is 108 Å². The second kappa shape index (κ2) is 11.9. The van der Waals surface area contributed by atoms with Crippen LogP contribution in [0, 0.1) is 6.92 Å². The monoisotopic (exact) mass is 497 g/mol. The van der Waals surface area contributed by atoms with Crippen LogP contribution >= 0.6 is 0 Å². The lowest BCUT2D eigenvalue weighted by molar-refractivity contribution is -0.124. The Labute approximate surface area is 213 Å². The van der Waals surface area contributed by atoms with Gasteiger partial charge < -0.3 is 29.4 Å². The molecule has 0 unspecified atom stereocenters. The van der Waals surface area contributed by atoms with Crippen molar-refractivity contribution < 1.29 is 28.4 Å². The van der Waals surface area contributed by atoms with Crippen LogP contribution in [0.1, 0.15) is 50.3 Å². The van der Waals surface area contributed by atoms with E-state index in [9.17, 15) is 9.59 Å². The predicted octanol–water partition coefficient (Wildman–Crippen LogP) is 2.72. The molecular formula is C26H36BN3O6. The highest BCUT2D eigenvalue weighted by molar-refractivity contribution is 6.48. The molecule has 3 rings (SSSR count). The molecular weight excluding hydrogens is 461 g/mol. The van der Waals surface area contributed by atoms with Gasteiger partial charge in [0.15, 0.2) is 0 Å². The summed E-state index contributed by atoms with van der Waals surface area (Å²) in [6.07, 6.45) is 0.421. The van der Waals surface area contributed by atoms with E-state index >= 15 is 0 Å². The zero-order chi connectivity index (χ0) is 26.3. The van der Waals surface area contributed by atoms with Gasteiger partial charge >= 0.3 is 7.12 Å². The van der Waals surface area contributed by atoms with Gasteiger partial charge in [0.05, 0.1) is 30.4 Å². The Bertz CT molecular complexity index is 1020. The van der Waals surface area contributed by atoms with E-state index < -0.39 is 42.1 Å². The van der Waals surface area contributed by atoms with Crippen LogP contribution < -0.4 is 15.4 Å². The number of nitrogens with zero attached hydrogens (tertiary/aromatic N) is 1. The molecule has 0 aliphatic carbocycles. The van der Waals surface area contributed by atoms with Crippen molar-refractivity contribution in [3.63, 3.8) is 0 Å². The van der Waals surface area contributed by atoms with Gasteiger partial charge in [0.1, 0.15) is 17.5 Å². The molecule has 36 heavy (non-hydrogen) atoms. The van der Waals surface area contributed by atoms with Crippen molar-refractivity contribution in [3.05, 3.63) is 59.9 Å². The normalized spacial score (nSPS) is 17.8. The second-order valence-corrected chi connectivity index (χ2v) is 9.84. The molecule has 0 saturated carbocycles. The molecule has 1 aliphatic heterocycles. The van der Waals surface area contributed by atoms with Crippen molar-refractivity contribution in [2.24, 2.45) is 0 Å². The number of aryl methyl sites for hydroxylation is 1. The summed E-state index contributed by atoms with van der Waals surface area (Å²) in [7, 11) is 0.771. The van der Waals surface area contributed by atoms with Crippen LogP contribution in [0.4, 0.5) is 0 Å². The predicted molar refractivity (Wildman–Crippen MR) is 137 cm³/mol. The molecule has 194 valence electrons. The maximum Gasteiger partial charge on any atom is 0.481 e. The minimum atomic E-state index is -0.940. The number of benzene rings is 1. The highest BCUT2D eigenvalue weighted by Crippen LogP contribution is 2.37. The van der Waals surface area contributed by atoms with Crippen molar-refractivity contribution in [3.8, 4) is 5.75 Å². The molecule has 0 spiro atoms. The van der Waals surface area contributed by atoms with Crippen LogP contribution in [0.5, 0.6) is 5.75 Å². The zero-order valence-electron chi connectivity index (χ0n) is 21.9. The minimum Gasteiger partial charge on any atom is -0.494 e. The fourth-order valence-electron chi connectivity index (χ4n) is 3.68. The number of rotatable bonds is 11. The van der Waals surface area contributed by atoms with Crippen LogP contribution in [0.25, 0.3) is 0 Å². The summed E-state index contributed by atoms with van der Waals surface area (Å²) in [5.74, 6) is -0.685. The van der Waals surface area contributed by atoms with Gasteiger partial charge in [-0.2, -0.15) is 0 Å². The lowest BCUT2D eigenvalue weighted by Gasteiger charge is -2.32. The quantitative estimate of drug-likeness (QED) is 0.460.